The van der Waals surface area contributed by atoms with Crippen LogP contribution in [0.25, 0.3) is 10.8 Å². The fourth-order valence-electron chi connectivity index (χ4n) is 1.95. The van der Waals surface area contributed by atoms with Crippen molar-refractivity contribution < 1.29 is 9.00 Å². The van der Waals surface area contributed by atoms with Crippen LogP contribution in [0, 0.1) is 0 Å². The summed E-state index contributed by atoms with van der Waals surface area (Å²) in [6.45, 7) is 6.17. The summed E-state index contributed by atoms with van der Waals surface area (Å²) in [6, 6.07) is 9.51. The third kappa shape index (κ3) is 3.88. The Morgan fingerprint density at radius 1 is 1.24 bits per heavy atom. The number of pyridine rings is 1. The van der Waals surface area contributed by atoms with Gasteiger partial charge in [-0.15, -0.1) is 0 Å². The fourth-order valence-corrected chi connectivity index (χ4v) is 2.85. The second kappa shape index (κ2) is 6.35. The number of hydrogen-bond acceptors (Lipinski definition) is 3. The third-order valence-corrected chi connectivity index (χ3v) is 5.09. The quantitative estimate of drug-likeness (QED) is 0.944. The number of nitrogens with one attached hydrogen (secondary N) is 1. The smallest absolute Gasteiger partial charge is 0.270 e. The predicted octanol–water partition coefficient (Wildman–Crippen LogP) is 2.51. The molecule has 1 heterocycles. The Morgan fingerprint density at radius 3 is 2.67 bits per heavy atom. The second-order valence-electron chi connectivity index (χ2n) is 5.80. The van der Waals surface area contributed by atoms with Crippen molar-refractivity contribution in [3.63, 3.8) is 0 Å². The van der Waals surface area contributed by atoms with E-state index in [0.29, 0.717) is 18.0 Å². The van der Waals surface area contributed by atoms with Gasteiger partial charge < -0.3 is 5.32 Å². The lowest BCUT2D eigenvalue weighted by atomic mass is 10.1. The average Bonchev–Trinajstić information content (AvgIpc) is 2.45. The minimum atomic E-state index is -0.972. The van der Waals surface area contributed by atoms with Crippen LogP contribution in [0.5, 0.6) is 0 Å². The van der Waals surface area contributed by atoms with Gasteiger partial charge in [-0.05, 0) is 32.2 Å². The van der Waals surface area contributed by atoms with Crippen LogP contribution in [0.1, 0.15) is 31.3 Å². The summed E-state index contributed by atoms with van der Waals surface area (Å²) in [5, 5.41) is 4.61. The first-order valence-electron chi connectivity index (χ1n) is 6.90. The highest BCUT2D eigenvalue weighted by Crippen LogP contribution is 2.16. The highest BCUT2D eigenvalue weighted by molar-refractivity contribution is 7.86. The maximum Gasteiger partial charge on any atom is 0.270 e. The molecule has 0 aliphatic carbocycles. The van der Waals surface area contributed by atoms with Crippen molar-refractivity contribution in [2.45, 2.75) is 25.5 Å². The van der Waals surface area contributed by atoms with E-state index in [4.69, 9.17) is 0 Å². The molecule has 0 aliphatic rings. The number of benzene rings is 1. The number of carbonyl (C=O) groups excluding carboxylic acids is 1. The fraction of sp³-hybridized carbons (Fsp3) is 0.375. The summed E-state index contributed by atoms with van der Waals surface area (Å²) in [5.74, 6) is 0.220. The largest absolute Gasteiger partial charge is 0.350 e. The van der Waals surface area contributed by atoms with Gasteiger partial charge in [0.15, 0.2) is 0 Å². The first-order chi connectivity index (χ1) is 9.89. The topological polar surface area (TPSA) is 59.1 Å². The molecule has 0 spiro atoms. The van der Waals surface area contributed by atoms with Gasteiger partial charge in [0.2, 0.25) is 0 Å². The molecule has 1 amide bonds. The molecule has 0 fully saturated rings. The van der Waals surface area contributed by atoms with Gasteiger partial charge in [0.05, 0.1) is 0 Å². The number of fused-ring (bicyclic) bond motifs is 1. The molecule has 1 atom stereocenters. The van der Waals surface area contributed by atoms with Crippen LogP contribution in [0.3, 0.4) is 0 Å². The molecule has 1 aromatic heterocycles. The summed E-state index contributed by atoms with van der Waals surface area (Å²) >= 11 is 0. The monoisotopic (exact) mass is 304 g/mol. The second-order valence-corrected chi connectivity index (χ2v) is 8.12. The number of hydrogen-bond donors (Lipinski definition) is 1. The Morgan fingerprint density at radius 2 is 1.95 bits per heavy atom. The lowest BCUT2D eigenvalue weighted by Gasteiger charge is -2.17. The van der Waals surface area contributed by atoms with Crippen LogP contribution in [-0.2, 0) is 10.8 Å². The van der Waals surface area contributed by atoms with E-state index >= 15 is 0 Å². The lowest BCUT2D eigenvalue weighted by Crippen LogP contribution is -2.33. The SMILES string of the molecule is CC(C)(C)[S@](=O)CCNC(=O)c1nccc2ccccc12. The average molecular weight is 304 g/mol. The first kappa shape index (κ1) is 15.6. The Balaban J connectivity index is 2.05. The Bertz CT molecular complexity index is 672. The molecule has 0 bridgehead atoms. The number of carbonyl (C=O) groups is 1. The molecular weight excluding hydrogens is 284 g/mol. The normalized spacial score (nSPS) is 13.1. The zero-order valence-corrected chi connectivity index (χ0v) is 13.4. The van der Waals surface area contributed by atoms with Gasteiger partial charge in [-0.25, -0.2) is 0 Å². The molecule has 112 valence electrons. The molecule has 1 N–H and O–H groups in total. The standard InChI is InChI=1S/C16H20N2O2S/c1-16(2,3)21(20)11-10-18-15(19)14-13-7-5-4-6-12(13)8-9-17-14/h4-9H,10-11H2,1-3H3,(H,18,19)/t21-/m1/s1. The molecule has 0 radical (unpaired) electrons. The van der Waals surface area contributed by atoms with Crippen LogP contribution in [0.2, 0.25) is 0 Å². The van der Waals surface area contributed by atoms with Crippen molar-refractivity contribution in [2.24, 2.45) is 0 Å². The lowest BCUT2D eigenvalue weighted by molar-refractivity contribution is 0.0953. The highest BCUT2D eigenvalue weighted by atomic mass is 32.2. The van der Waals surface area contributed by atoms with Gasteiger partial charge in [-0.1, -0.05) is 24.3 Å². The zero-order chi connectivity index (χ0) is 15.5. The predicted molar refractivity (Wildman–Crippen MR) is 86.8 cm³/mol. The van der Waals surface area contributed by atoms with Crippen molar-refractivity contribution in [3.8, 4) is 0 Å². The minimum absolute atomic E-state index is 0.224. The van der Waals surface area contributed by atoms with E-state index in [1.165, 1.54) is 0 Å². The third-order valence-electron chi connectivity index (χ3n) is 3.14. The highest BCUT2D eigenvalue weighted by Gasteiger charge is 2.19. The van der Waals surface area contributed by atoms with E-state index in [-0.39, 0.29) is 10.7 Å². The summed E-state index contributed by atoms with van der Waals surface area (Å²) in [4.78, 5) is 16.4. The molecule has 0 unspecified atom stereocenters. The van der Waals surface area contributed by atoms with Crippen LogP contribution >= 0.6 is 0 Å². The summed E-state index contributed by atoms with van der Waals surface area (Å²) in [7, 11) is -0.972. The van der Waals surface area contributed by atoms with Crippen molar-refractivity contribution in [1.29, 1.82) is 0 Å². The molecule has 2 aromatic rings. The van der Waals surface area contributed by atoms with Gasteiger partial charge in [-0.3, -0.25) is 14.0 Å². The summed E-state index contributed by atoms with van der Waals surface area (Å²) in [5.41, 5.74) is 0.412. The van der Waals surface area contributed by atoms with E-state index in [1.54, 1.807) is 6.20 Å². The van der Waals surface area contributed by atoms with Crippen LogP contribution in [0.15, 0.2) is 36.5 Å². The maximum atomic E-state index is 12.2. The van der Waals surface area contributed by atoms with Gasteiger partial charge in [-0.2, -0.15) is 0 Å². The molecule has 2 rings (SSSR count). The van der Waals surface area contributed by atoms with Crippen molar-refractivity contribution in [2.75, 3.05) is 12.3 Å². The Hall–Kier alpha value is -1.75. The van der Waals surface area contributed by atoms with Crippen molar-refractivity contribution >= 4 is 27.5 Å². The molecule has 21 heavy (non-hydrogen) atoms. The van der Waals surface area contributed by atoms with E-state index in [1.807, 2.05) is 51.1 Å². The first-order valence-corrected chi connectivity index (χ1v) is 8.22. The van der Waals surface area contributed by atoms with Crippen molar-refractivity contribution in [3.05, 3.63) is 42.2 Å². The number of amides is 1. The summed E-state index contributed by atoms with van der Waals surface area (Å²) in [6.07, 6.45) is 1.63. The van der Waals surface area contributed by atoms with Crippen LogP contribution in [-0.4, -0.2) is 32.1 Å². The molecule has 4 nitrogen and oxygen atoms in total. The molecule has 1 aromatic carbocycles. The Labute approximate surface area is 127 Å². The van der Waals surface area contributed by atoms with Gasteiger partial charge in [0.1, 0.15) is 5.69 Å². The number of rotatable bonds is 4. The van der Waals surface area contributed by atoms with E-state index < -0.39 is 10.8 Å². The Kier molecular flexibility index (Phi) is 4.73. The molecule has 0 saturated heterocycles. The molecule has 5 heteroatoms. The number of nitrogens with zero attached hydrogens (tertiary/aromatic N) is 1. The molecule has 0 saturated carbocycles. The zero-order valence-electron chi connectivity index (χ0n) is 12.6. The summed E-state index contributed by atoms with van der Waals surface area (Å²) < 4.78 is 11.7. The van der Waals surface area contributed by atoms with Crippen LogP contribution in [0.4, 0.5) is 0 Å². The number of aromatic nitrogens is 1. The van der Waals surface area contributed by atoms with E-state index in [2.05, 4.69) is 10.3 Å². The molecular formula is C16H20N2O2S. The van der Waals surface area contributed by atoms with Gasteiger partial charge in [0.25, 0.3) is 5.91 Å². The van der Waals surface area contributed by atoms with Crippen molar-refractivity contribution in [1.82, 2.24) is 10.3 Å². The minimum Gasteiger partial charge on any atom is -0.350 e. The van der Waals surface area contributed by atoms with E-state index in [0.717, 1.165) is 10.8 Å². The van der Waals surface area contributed by atoms with Crippen LogP contribution < -0.4 is 5.32 Å². The van der Waals surface area contributed by atoms with Gasteiger partial charge in [0, 0.05) is 39.4 Å². The molecule has 0 aliphatic heterocycles. The maximum absolute atomic E-state index is 12.2. The van der Waals surface area contributed by atoms with E-state index in [9.17, 15) is 9.00 Å². The van der Waals surface area contributed by atoms with Gasteiger partial charge >= 0.3 is 0 Å².